The van der Waals surface area contributed by atoms with E-state index in [2.05, 4.69) is 23.6 Å². The molecule has 9 nitrogen and oxygen atoms in total. The molecular formula is C36H48N4O5. The lowest BCUT2D eigenvalue weighted by atomic mass is 9.85. The summed E-state index contributed by atoms with van der Waals surface area (Å²) in [4.78, 5) is 52.3. The van der Waals surface area contributed by atoms with E-state index in [4.69, 9.17) is 5.11 Å². The van der Waals surface area contributed by atoms with Crippen LogP contribution in [-0.2, 0) is 27.3 Å². The predicted molar refractivity (Wildman–Crippen MR) is 177 cm³/mol. The first-order chi connectivity index (χ1) is 21.8. The SMILES string of the molecule is CCc1cccc(N(CC)C(=O)Cn2c(C(=O)N[C@H]3CC[C@H](C(=O)NCCCCCCCC(=O)O)CC3)cc3ccccc32)c1. The molecule has 45 heavy (non-hydrogen) atoms. The summed E-state index contributed by atoms with van der Waals surface area (Å²) in [6.45, 7) is 5.27. The molecule has 4 rings (SSSR count). The number of unbranched alkanes of at least 4 members (excludes halogenated alkanes) is 4. The number of likely N-dealkylation sites (N-methyl/N-ethyl adjacent to an activating group) is 1. The maximum atomic E-state index is 13.6. The third-order valence-corrected chi connectivity index (χ3v) is 8.88. The normalized spacial score (nSPS) is 16.3. The summed E-state index contributed by atoms with van der Waals surface area (Å²) >= 11 is 0. The summed E-state index contributed by atoms with van der Waals surface area (Å²) < 4.78 is 1.82. The number of anilines is 1. The number of hydrogen-bond donors (Lipinski definition) is 3. The second-order valence-corrected chi connectivity index (χ2v) is 12.1. The van der Waals surface area contributed by atoms with Crippen LogP contribution >= 0.6 is 0 Å². The quantitative estimate of drug-likeness (QED) is 0.168. The van der Waals surface area contributed by atoms with Crippen molar-refractivity contribution in [2.45, 2.75) is 97.1 Å². The Morgan fingerprint density at radius 3 is 2.36 bits per heavy atom. The number of nitrogens with one attached hydrogen (secondary N) is 2. The number of carboxylic acids is 1. The van der Waals surface area contributed by atoms with Gasteiger partial charge in [-0.3, -0.25) is 19.2 Å². The lowest BCUT2D eigenvalue weighted by molar-refractivity contribution is -0.137. The smallest absolute Gasteiger partial charge is 0.303 e. The zero-order valence-corrected chi connectivity index (χ0v) is 26.7. The van der Waals surface area contributed by atoms with E-state index < -0.39 is 5.97 Å². The van der Waals surface area contributed by atoms with Gasteiger partial charge in [0.2, 0.25) is 11.8 Å². The van der Waals surface area contributed by atoms with E-state index in [0.717, 1.165) is 74.4 Å². The summed E-state index contributed by atoms with van der Waals surface area (Å²) in [7, 11) is 0. The van der Waals surface area contributed by atoms with Crippen LogP contribution in [0.15, 0.2) is 54.6 Å². The van der Waals surface area contributed by atoms with E-state index in [0.29, 0.717) is 25.2 Å². The fourth-order valence-electron chi connectivity index (χ4n) is 6.28. The number of carbonyl (C=O) groups excluding carboxylic acids is 3. The molecule has 1 aliphatic rings. The van der Waals surface area contributed by atoms with Gasteiger partial charge in [-0.1, -0.05) is 56.5 Å². The third-order valence-electron chi connectivity index (χ3n) is 8.88. The summed E-state index contributed by atoms with van der Waals surface area (Å²) in [5, 5.41) is 15.9. The predicted octanol–water partition coefficient (Wildman–Crippen LogP) is 6.09. The molecule has 3 N–H and O–H groups in total. The molecule has 0 atom stereocenters. The van der Waals surface area contributed by atoms with Crippen LogP contribution in [0, 0.1) is 5.92 Å². The Morgan fingerprint density at radius 1 is 0.889 bits per heavy atom. The summed E-state index contributed by atoms with van der Waals surface area (Å²) in [6.07, 6.45) is 8.44. The van der Waals surface area contributed by atoms with E-state index in [1.54, 1.807) is 4.90 Å². The average Bonchev–Trinajstić information content (AvgIpc) is 3.41. The highest BCUT2D eigenvalue weighted by atomic mass is 16.4. The maximum absolute atomic E-state index is 13.6. The fourth-order valence-corrected chi connectivity index (χ4v) is 6.28. The number of carbonyl (C=O) groups is 4. The highest BCUT2D eigenvalue weighted by Gasteiger charge is 2.28. The number of nitrogens with zero attached hydrogens (tertiary/aromatic N) is 2. The van der Waals surface area contributed by atoms with Gasteiger partial charge in [0.05, 0.1) is 0 Å². The number of amides is 3. The van der Waals surface area contributed by atoms with Gasteiger partial charge in [0.1, 0.15) is 12.2 Å². The summed E-state index contributed by atoms with van der Waals surface area (Å²) in [5.41, 5.74) is 3.33. The molecule has 0 spiro atoms. The highest BCUT2D eigenvalue weighted by molar-refractivity contribution is 6.01. The lowest BCUT2D eigenvalue weighted by Gasteiger charge is -2.28. The molecule has 9 heteroatoms. The molecule has 0 bridgehead atoms. The van der Waals surface area contributed by atoms with Gasteiger partial charge in [-0.15, -0.1) is 0 Å². The van der Waals surface area contributed by atoms with Crippen LogP contribution in [0.1, 0.15) is 94.1 Å². The average molecular weight is 617 g/mol. The Kier molecular flexibility index (Phi) is 12.6. The molecule has 1 fully saturated rings. The van der Waals surface area contributed by atoms with Crippen LogP contribution in [0.5, 0.6) is 0 Å². The van der Waals surface area contributed by atoms with Crippen LogP contribution in [0.25, 0.3) is 10.9 Å². The van der Waals surface area contributed by atoms with Gasteiger partial charge >= 0.3 is 5.97 Å². The Balaban J connectivity index is 1.31. The van der Waals surface area contributed by atoms with Crippen molar-refractivity contribution in [3.63, 3.8) is 0 Å². The molecular weight excluding hydrogens is 568 g/mol. The molecule has 3 amide bonds. The standard InChI is InChI=1S/C36H48N4O5/c1-3-26-13-12-15-30(23-26)39(4-2)33(41)25-40-31-16-10-9-14-28(31)24-32(40)36(45)38-29-20-18-27(19-21-29)35(44)37-22-11-7-5-6-8-17-34(42)43/h9-10,12-16,23-24,27,29H,3-8,11,17-22,25H2,1-2H3,(H,37,44)(H,38,45)(H,42,43)/t27-,29-. The molecule has 0 aliphatic heterocycles. The second kappa shape index (κ2) is 16.8. The topological polar surface area (TPSA) is 121 Å². The zero-order valence-electron chi connectivity index (χ0n) is 26.7. The van der Waals surface area contributed by atoms with E-state index in [1.165, 1.54) is 5.56 Å². The van der Waals surface area contributed by atoms with Gasteiger partial charge in [0.25, 0.3) is 5.91 Å². The monoisotopic (exact) mass is 616 g/mol. The molecule has 1 aromatic heterocycles. The van der Waals surface area contributed by atoms with E-state index in [1.807, 2.05) is 60.0 Å². The number of aryl methyl sites for hydroxylation is 1. The number of rotatable bonds is 16. The third kappa shape index (κ3) is 9.42. The van der Waals surface area contributed by atoms with Crippen molar-refractivity contribution in [2.24, 2.45) is 5.92 Å². The van der Waals surface area contributed by atoms with Crippen molar-refractivity contribution < 1.29 is 24.3 Å². The molecule has 1 heterocycles. The van der Waals surface area contributed by atoms with E-state index >= 15 is 0 Å². The Labute approximate surface area is 266 Å². The van der Waals surface area contributed by atoms with Gasteiger partial charge in [0.15, 0.2) is 0 Å². The fraction of sp³-hybridized carbons (Fsp3) is 0.500. The highest BCUT2D eigenvalue weighted by Crippen LogP contribution is 2.26. The van der Waals surface area contributed by atoms with Crippen molar-refractivity contribution >= 4 is 40.3 Å². The van der Waals surface area contributed by atoms with Crippen LogP contribution in [0.2, 0.25) is 0 Å². The van der Waals surface area contributed by atoms with Crippen LogP contribution < -0.4 is 15.5 Å². The first-order valence-corrected chi connectivity index (χ1v) is 16.6. The Morgan fingerprint density at radius 2 is 1.62 bits per heavy atom. The number of benzene rings is 2. The largest absolute Gasteiger partial charge is 0.481 e. The molecule has 0 radical (unpaired) electrons. The van der Waals surface area contributed by atoms with Gasteiger partial charge in [-0.05, 0) is 81.7 Å². The van der Waals surface area contributed by atoms with Crippen molar-refractivity contribution in [3.05, 3.63) is 65.9 Å². The minimum atomic E-state index is -0.750. The molecule has 242 valence electrons. The number of aliphatic carboxylic acids is 1. The minimum absolute atomic E-state index is 0.0292. The number of hydrogen-bond acceptors (Lipinski definition) is 4. The van der Waals surface area contributed by atoms with Crippen molar-refractivity contribution in [2.75, 3.05) is 18.0 Å². The Bertz CT molecular complexity index is 1460. The number of para-hydroxylation sites is 1. The van der Waals surface area contributed by atoms with Crippen molar-refractivity contribution in [1.29, 1.82) is 0 Å². The van der Waals surface area contributed by atoms with Gasteiger partial charge < -0.3 is 25.2 Å². The first kappa shape index (κ1) is 33.7. The lowest BCUT2D eigenvalue weighted by Crippen LogP contribution is -2.42. The van der Waals surface area contributed by atoms with Crippen LogP contribution in [0.4, 0.5) is 5.69 Å². The maximum Gasteiger partial charge on any atom is 0.303 e. The van der Waals surface area contributed by atoms with Crippen molar-refractivity contribution in [3.8, 4) is 0 Å². The Hall–Kier alpha value is -4.14. The molecule has 0 unspecified atom stereocenters. The van der Waals surface area contributed by atoms with E-state index in [-0.39, 0.29) is 42.6 Å². The van der Waals surface area contributed by atoms with Crippen LogP contribution in [0.3, 0.4) is 0 Å². The molecule has 1 saturated carbocycles. The molecule has 1 aliphatic carbocycles. The van der Waals surface area contributed by atoms with Gasteiger partial charge in [-0.2, -0.15) is 0 Å². The van der Waals surface area contributed by atoms with Crippen molar-refractivity contribution in [1.82, 2.24) is 15.2 Å². The van der Waals surface area contributed by atoms with Crippen LogP contribution in [-0.4, -0.2) is 52.5 Å². The molecule has 0 saturated heterocycles. The summed E-state index contributed by atoms with van der Waals surface area (Å²) in [5.74, 6) is -1.00. The number of fused-ring (bicyclic) bond motifs is 1. The van der Waals surface area contributed by atoms with E-state index in [9.17, 15) is 19.2 Å². The molecule has 2 aromatic carbocycles. The summed E-state index contributed by atoms with van der Waals surface area (Å²) in [6, 6.07) is 17.6. The number of aromatic nitrogens is 1. The van der Waals surface area contributed by atoms with Gasteiger partial charge in [-0.25, -0.2) is 0 Å². The first-order valence-electron chi connectivity index (χ1n) is 16.6. The molecule has 3 aromatic rings. The number of carboxylic acid groups (broad SMARTS) is 1. The minimum Gasteiger partial charge on any atom is -0.481 e. The zero-order chi connectivity index (χ0) is 32.2. The van der Waals surface area contributed by atoms with Gasteiger partial charge in [0, 0.05) is 48.1 Å². The second-order valence-electron chi connectivity index (χ2n) is 12.1.